The predicted octanol–water partition coefficient (Wildman–Crippen LogP) is 3.41. The van der Waals surface area contributed by atoms with E-state index >= 15 is 0 Å². The van der Waals surface area contributed by atoms with Crippen molar-refractivity contribution in [2.75, 3.05) is 17.3 Å². The van der Waals surface area contributed by atoms with E-state index < -0.39 is 0 Å². The Morgan fingerprint density at radius 2 is 2.11 bits per heavy atom. The van der Waals surface area contributed by atoms with Gasteiger partial charge in [-0.15, -0.1) is 0 Å². The Labute approximate surface area is 116 Å². The van der Waals surface area contributed by atoms with Gasteiger partial charge >= 0.3 is 0 Å². The molecular formula is C15H26N4. The largest absolute Gasteiger partial charge is 0.373 e. The first-order valence-electron chi connectivity index (χ1n) is 7.41. The first kappa shape index (κ1) is 14.1. The fraction of sp³-hybridized carbons (Fsp3) is 0.733. The van der Waals surface area contributed by atoms with Crippen molar-refractivity contribution in [1.29, 1.82) is 0 Å². The summed E-state index contributed by atoms with van der Waals surface area (Å²) in [5.74, 6) is 2.52. The van der Waals surface area contributed by atoms with E-state index in [1.807, 2.05) is 7.05 Å². The summed E-state index contributed by atoms with van der Waals surface area (Å²) >= 11 is 0. The highest BCUT2D eigenvalue weighted by Gasteiger charge is 2.33. The number of anilines is 2. The molecule has 0 saturated carbocycles. The molecule has 0 amide bonds. The molecule has 2 rings (SSSR count). The molecule has 19 heavy (non-hydrogen) atoms. The van der Waals surface area contributed by atoms with Crippen molar-refractivity contribution in [2.45, 2.75) is 65.0 Å². The van der Waals surface area contributed by atoms with Crippen LogP contribution in [0, 0.1) is 0 Å². The Balaban J connectivity index is 2.49. The first-order chi connectivity index (χ1) is 9.10. The van der Waals surface area contributed by atoms with Gasteiger partial charge in [-0.1, -0.05) is 20.8 Å². The lowest BCUT2D eigenvalue weighted by Crippen LogP contribution is -2.36. The first-order valence-corrected chi connectivity index (χ1v) is 7.41. The Hall–Kier alpha value is -1.32. The topological polar surface area (TPSA) is 41.1 Å². The van der Waals surface area contributed by atoms with Crippen LogP contribution in [-0.2, 0) is 0 Å². The van der Waals surface area contributed by atoms with Crippen molar-refractivity contribution in [3.63, 3.8) is 0 Å². The second kappa shape index (κ2) is 5.76. The molecule has 2 heterocycles. The molecule has 1 aromatic heterocycles. The van der Waals surface area contributed by atoms with Crippen LogP contribution in [0.4, 0.5) is 11.6 Å². The minimum absolute atomic E-state index is 0.420. The molecule has 0 bridgehead atoms. The van der Waals surface area contributed by atoms with Crippen molar-refractivity contribution >= 4 is 11.6 Å². The van der Waals surface area contributed by atoms with Gasteiger partial charge in [-0.3, -0.25) is 0 Å². The maximum Gasteiger partial charge on any atom is 0.138 e. The zero-order valence-corrected chi connectivity index (χ0v) is 12.8. The van der Waals surface area contributed by atoms with Gasteiger partial charge in [0.25, 0.3) is 0 Å². The van der Waals surface area contributed by atoms with Crippen molar-refractivity contribution < 1.29 is 0 Å². The molecule has 1 N–H and O–H groups in total. The minimum atomic E-state index is 0.420. The van der Waals surface area contributed by atoms with Crippen molar-refractivity contribution in [3.8, 4) is 0 Å². The van der Waals surface area contributed by atoms with Crippen LogP contribution >= 0.6 is 0 Å². The Morgan fingerprint density at radius 3 is 2.68 bits per heavy atom. The van der Waals surface area contributed by atoms with E-state index in [9.17, 15) is 0 Å². The summed E-state index contributed by atoms with van der Waals surface area (Å²) in [4.78, 5) is 11.5. The lowest BCUT2D eigenvalue weighted by Gasteiger charge is -2.32. The minimum Gasteiger partial charge on any atom is -0.373 e. The number of rotatable bonds is 4. The van der Waals surface area contributed by atoms with Crippen LogP contribution in [-0.4, -0.2) is 29.1 Å². The van der Waals surface area contributed by atoms with Gasteiger partial charge in [-0.2, -0.15) is 0 Å². The van der Waals surface area contributed by atoms with E-state index in [1.54, 1.807) is 6.33 Å². The maximum absolute atomic E-state index is 4.61. The van der Waals surface area contributed by atoms with E-state index in [0.717, 1.165) is 11.6 Å². The smallest absolute Gasteiger partial charge is 0.138 e. The van der Waals surface area contributed by atoms with E-state index in [1.165, 1.54) is 24.8 Å². The van der Waals surface area contributed by atoms with Gasteiger partial charge in [0.2, 0.25) is 0 Å². The van der Waals surface area contributed by atoms with Crippen LogP contribution in [0.5, 0.6) is 0 Å². The second-order valence-electron chi connectivity index (χ2n) is 5.76. The summed E-state index contributed by atoms with van der Waals surface area (Å²) in [5.41, 5.74) is 1.25. The second-order valence-corrected chi connectivity index (χ2v) is 5.76. The molecule has 1 saturated heterocycles. The summed E-state index contributed by atoms with van der Waals surface area (Å²) in [7, 11) is 1.93. The van der Waals surface area contributed by atoms with Gasteiger partial charge in [0.05, 0.1) is 0 Å². The third-order valence-corrected chi connectivity index (χ3v) is 4.18. The molecule has 106 valence electrons. The van der Waals surface area contributed by atoms with Gasteiger partial charge < -0.3 is 10.2 Å². The predicted molar refractivity (Wildman–Crippen MR) is 80.9 cm³/mol. The molecule has 1 aliphatic rings. The molecule has 0 aromatic carbocycles. The van der Waals surface area contributed by atoms with Crippen LogP contribution in [0.3, 0.4) is 0 Å². The van der Waals surface area contributed by atoms with Crippen LogP contribution in [0.1, 0.15) is 58.4 Å². The van der Waals surface area contributed by atoms with Crippen LogP contribution < -0.4 is 10.2 Å². The Kier molecular flexibility index (Phi) is 4.27. The Morgan fingerprint density at radius 1 is 1.37 bits per heavy atom. The SMILES string of the molecule is CCC1CCC(C)N1c1ncnc(NC)c1C(C)C. The zero-order valence-electron chi connectivity index (χ0n) is 12.8. The van der Waals surface area contributed by atoms with Gasteiger partial charge in [0.1, 0.15) is 18.0 Å². The van der Waals surface area contributed by atoms with Crippen LogP contribution in [0.15, 0.2) is 6.33 Å². The highest BCUT2D eigenvalue weighted by atomic mass is 15.3. The standard InChI is InChI=1S/C15H26N4/c1-6-12-8-7-11(4)19(12)15-13(10(2)3)14(16-5)17-9-18-15/h9-12H,6-8H2,1-5H3,(H,16,17,18). The summed E-state index contributed by atoms with van der Waals surface area (Å²) < 4.78 is 0. The van der Waals surface area contributed by atoms with Gasteiger partial charge in [0.15, 0.2) is 0 Å². The maximum atomic E-state index is 4.61. The van der Waals surface area contributed by atoms with Crippen LogP contribution in [0.2, 0.25) is 0 Å². The molecule has 0 spiro atoms. The number of hydrogen-bond acceptors (Lipinski definition) is 4. The summed E-state index contributed by atoms with van der Waals surface area (Å²) in [6.07, 6.45) is 5.40. The normalized spacial score (nSPS) is 23.2. The van der Waals surface area contributed by atoms with Crippen molar-refractivity contribution in [3.05, 3.63) is 11.9 Å². The molecule has 1 fully saturated rings. The summed E-state index contributed by atoms with van der Waals surface area (Å²) in [5, 5.41) is 3.21. The molecule has 2 unspecified atom stereocenters. The number of nitrogens with one attached hydrogen (secondary N) is 1. The molecule has 4 heteroatoms. The highest BCUT2D eigenvalue weighted by molar-refractivity contribution is 5.61. The van der Waals surface area contributed by atoms with Gasteiger partial charge in [-0.25, -0.2) is 9.97 Å². The van der Waals surface area contributed by atoms with Crippen molar-refractivity contribution in [2.24, 2.45) is 0 Å². The quantitative estimate of drug-likeness (QED) is 0.903. The molecular weight excluding hydrogens is 236 g/mol. The Bertz CT molecular complexity index is 430. The highest BCUT2D eigenvalue weighted by Crippen LogP contribution is 2.37. The van der Waals surface area contributed by atoms with Crippen LogP contribution in [0.25, 0.3) is 0 Å². The zero-order chi connectivity index (χ0) is 14.0. The fourth-order valence-electron chi connectivity index (χ4n) is 3.18. The fourth-order valence-corrected chi connectivity index (χ4v) is 3.18. The molecule has 2 atom stereocenters. The molecule has 4 nitrogen and oxygen atoms in total. The molecule has 0 aliphatic carbocycles. The van der Waals surface area contributed by atoms with E-state index in [-0.39, 0.29) is 0 Å². The van der Waals surface area contributed by atoms with Crippen molar-refractivity contribution in [1.82, 2.24) is 9.97 Å². The van der Waals surface area contributed by atoms with E-state index in [4.69, 9.17) is 0 Å². The monoisotopic (exact) mass is 262 g/mol. The molecule has 1 aliphatic heterocycles. The average molecular weight is 262 g/mol. The number of hydrogen-bond donors (Lipinski definition) is 1. The summed E-state index contributed by atoms with van der Waals surface area (Å²) in [6, 6.07) is 1.19. The van der Waals surface area contributed by atoms with Gasteiger partial charge in [0, 0.05) is 24.7 Å². The number of aromatic nitrogens is 2. The molecule has 1 aromatic rings. The molecule has 0 radical (unpaired) electrons. The van der Waals surface area contributed by atoms with E-state index in [0.29, 0.717) is 18.0 Å². The summed E-state index contributed by atoms with van der Waals surface area (Å²) in [6.45, 7) is 9.00. The lowest BCUT2D eigenvalue weighted by atomic mass is 10.0. The third-order valence-electron chi connectivity index (χ3n) is 4.18. The third kappa shape index (κ3) is 2.53. The van der Waals surface area contributed by atoms with E-state index in [2.05, 4.69) is 47.9 Å². The lowest BCUT2D eigenvalue weighted by molar-refractivity contribution is 0.614. The number of nitrogens with zero attached hydrogens (tertiary/aromatic N) is 3. The van der Waals surface area contributed by atoms with Gasteiger partial charge in [-0.05, 0) is 32.1 Å². The average Bonchev–Trinajstić information content (AvgIpc) is 2.78.